The minimum Gasteiger partial charge on any atom is -0.469 e. The summed E-state index contributed by atoms with van der Waals surface area (Å²) in [6.45, 7) is 1.67. The fourth-order valence-electron chi connectivity index (χ4n) is 2.89. The van der Waals surface area contributed by atoms with Crippen LogP contribution in [0.1, 0.15) is 42.7 Å². The standard InChI is InChI=1S/C15H18F2O2/c1-9-7-12(16)14(13(17)8-9)10-3-5-11(6-4-10)15(18)19-2/h7-8,10-11H,3-6H2,1-2H3. The number of benzene rings is 1. The Balaban J connectivity index is 2.12. The summed E-state index contributed by atoms with van der Waals surface area (Å²) in [6, 6.07) is 2.73. The first-order chi connectivity index (χ1) is 9.02. The SMILES string of the molecule is COC(=O)C1CCC(c2c(F)cc(C)cc2F)CC1. The third-order valence-electron chi connectivity index (χ3n) is 3.89. The number of methoxy groups -OCH3 is 1. The van der Waals surface area contributed by atoms with Gasteiger partial charge in [0.1, 0.15) is 11.6 Å². The average molecular weight is 268 g/mol. The van der Waals surface area contributed by atoms with E-state index in [0.29, 0.717) is 31.2 Å². The summed E-state index contributed by atoms with van der Waals surface area (Å²) in [5.74, 6) is -1.43. The Morgan fingerprint density at radius 3 is 2.16 bits per heavy atom. The Kier molecular flexibility index (Phi) is 4.17. The van der Waals surface area contributed by atoms with Crippen LogP contribution in [0.5, 0.6) is 0 Å². The molecule has 4 heteroatoms. The van der Waals surface area contributed by atoms with E-state index in [-0.39, 0.29) is 23.4 Å². The zero-order valence-corrected chi connectivity index (χ0v) is 11.2. The van der Waals surface area contributed by atoms with Gasteiger partial charge in [0, 0.05) is 5.56 Å². The van der Waals surface area contributed by atoms with Crippen molar-refractivity contribution in [2.75, 3.05) is 7.11 Å². The van der Waals surface area contributed by atoms with E-state index in [9.17, 15) is 13.6 Å². The van der Waals surface area contributed by atoms with Crippen molar-refractivity contribution in [1.29, 1.82) is 0 Å². The van der Waals surface area contributed by atoms with Gasteiger partial charge in [-0.3, -0.25) is 4.79 Å². The summed E-state index contributed by atoms with van der Waals surface area (Å²) < 4.78 is 32.5. The molecule has 0 aliphatic heterocycles. The normalized spacial score (nSPS) is 23.2. The maximum Gasteiger partial charge on any atom is 0.308 e. The molecule has 0 N–H and O–H groups in total. The van der Waals surface area contributed by atoms with E-state index in [4.69, 9.17) is 4.74 Å². The molecule has 104 valence electrons. The molecule has 1 aromatic carbocycles. The lowest BCUT2D eigenvalue weighted by Gasteiger charge is -2.27. The number of esters is 1. The Hall–Kier alpha value is -1.45. The average Bonchev–Trinajstić information content (AvgIpc) is 2.37. The molecule has 1 aromatic rings. The lowest BCUT2D eigenvalue weighted by atomic mass is 9.78. The number of hydrogen-bond acceptors (Lipinski definition) is 2. The Bertz CT molecular complexity index is 454. The highest BCUT2D eigenvalue weighted by molar-refractivity contribution is 5.72. The number of hydrogen-bond donors (Lipinski definition) is 0. The maximum absolute atomic E-state index is 13.9. The van der Waals surface area contributed by atoms with Crippen molar-refractivity contribution < 1.29 is 18.3 Å². The third kappa shape index (κ3) is 2.94. The van der Waals surface area contributed by atoms with Crippen LogP contribution >= 0.6 is 0 Å². The largest absolute Gasteiger partial charge is 0.469 e. The van der Waals surface area contributed by atoms with E-state index in [1.807, 2.05) is 0 Å². The molecule has 0 atom stereocenters. The number of aryl methyl sites for hydroxylation is 1. The highest BCUT2D eigenvalue weighted by Gasteiger charge is 2.30. The van der Waals surface area contributed by atoms with Gasteiger partial charge in [-0.1, -0.05) is 0 Å². The van der Waals surface area contributed by atoms with Gasteiger partial charge in [0.15, 0.2) is 0 Å². The van der Waals surface area contributed by atoms with E-state index in [1.165, 1.54) is 19.2 Å². The molecule has 0 unspecified atom stereocenters. The Morgan fingerprint density at radius 2 is 1.68 bits per heavy atom. The van der Waals surface area contributed by atoms with Crippen molar-refractivity contribution in [3.8, 4) is 0 Å². The molecule has 1 saturated carbocycles. The summed E-state index contributed by atoms with van der Waals surface area (Å²) >= 11 is 0. The second-order valence-electron chi connectivity index (χ2n) is 5.21. The molecule has 0 aromatic heterocycles. The first-order valence-corrected chi connectivity index (χ1v) is 6.56. The predicted molar refractivity (Wildman–Crippen MR) is 67.8 cm³/mol. The van der Waals surface area contributed by atoms with Gasteiger partial charge >= 0.3 is 5.97 Å². The molecule has 0 radical (unpaired) electrons. The van der Waals surface area contributed by atoms with Crippen LogP contribution in [-0.4, -0.2) is 13.1 Å². The zero-order chi connectivity index (χ0) is 14.0. The van der Waals surface area contributed by atoms with Crippen LogP contribution in [0.15, 0.2) is 12.1 Å². The minimum absolute atomic E-state index is 0.127. The monoisotopic (exact) mass is 268 g/mol. The van der Waals surface area contributed by atoms with Gasteiger partial charge in [0.05, 0.1) is 13.0 Å². The van der Waals surface area contributed by atoms with Gasteiger partial charge in [-0.2, -0.15) is 0 Å². The fraction of sp³-hybridized carbons (Fsp3) is 0.533. The molecular weight excluding hydrogens is 250 g/mol. The quantitative estimate of drug-likeness (QED) is 0.764. The summed E-state index contributed by atoms with van der Waals surface area (Å²) in [5, 5.41) is 0. The molecule has 2 rings (SSSR count). The topological polar surface area (TPSA) is 26.3 Å². The van der Waals surface area contributed by atoms with Gasteiger partial charge in [-0.15, -0.1) is 0 Å². The van der Waals surface area contributed by atoms with Crippen LogP contribution in [0.2, 0.25) is 0 Å². The zero-order valence-electron chi connectivity index (χ0n) is 11.2. The van der Waals surface area contributed by atoms with Crippen molar-refractivity contribution >= 4 is 5.97 Å². The van der Waals surface area contributed by atoms with E-state index in [2.05, 4.69) is 0 Å². The molecule has 0 spiro atoms. The first-order valence-electron chi connectivity index (χ1n) is 6.56. The summed E-state index contributed by atoms with van der Waals surface area (Å²) in [5.41, 5.74) is 0.760. The van der Waals surface area contributed by atoms with Gasteiger partial charge in [0.25, 0.3) is 0 Å². The highest BCUT2D eigenvalue weighted by atomic mass is 19.1. The molecule has 1 aliphatic carbocycles. The summed E-state index contributed by atoms with van der Waals surface area (Å²) in [7, 11) is 1.37. The van der Waals surface area contributed by atoms with Gasteiger partial charge in [0.2, 0.25) is 0 Å². The van der Waals surface area contributed by atoms with Crippen molar-refractivity contribution in [2.24, 2.45) is 5.92 Å². The molecular formula is C15H18F2O2. The lowest BCUT2D eigenvalue weighted by Crippen LogP contribution is -2.23. The van der Waals surface area contributed by atoms with Crippen LogP contribution in [-0.2, 0) is 9.53 Å². The smallest absolute Gasteiger partial charge is 0.308 e. The molecule has 0 amide bonds. The minimum atomic E-state index is -0.473. The molecule has 0 bridgehead atoms. The van der Waals surface area contributed by atoms with Crippen LogP contribution < -0.4 is 0 Å². The summed E-state index contributed by atoms with van der Waals surface area (Å²) in [6.07, 6.45) is 2.50. The van der Waals surface area contributed by atoms with Crippen LogP contribution in [0.3, 0.4) is 0 Å². The van der Waals surface area contributed by atoms with E-state index >= 15 is 0 Å². The second-order valence-corrected chi connectivity index (χ2v) is 5.21. The molecule has 19 heavy (non-hydrogen) atoms. The van der Waals surface area contributed by atoms with Gasteiger partial charge in [-0.05, 0) is 56.2 Å². The van der Waals surface area contributed by atoms with E-state index in [1.54, 1.807) is 6.92 Å². The van der Waals surface area contributed by atoms with Crippen LogP contribution in [0.4, 0.5) is 8.78 Å². The molecule has 2 nitrogen and oxygen atoms in total. The lowest BCUT2D eigenvalue weighted by molar-refractivity contribution is -0.146. The number of rotatable bonds is 2. The Morgan fingerprint density at radius 1 is 1.16 bits per heavy atom. The molecule has 1 aliphatic rings. The van der Waals surface area contributed by atoms with Gasteiger partial charge < -0.3 is 4.74 Å². The Labute approximate surface area is 111 Å². The number of ether oxygens (including phenoxy) is 1. The van der Waals surface area contributed by atoms with Crippen LogP contribution in [0.25, 0.3) is 0 Å². The number of carbonyl (C=O) groups excluding carboxylic acids is 1. The third-order valence-corrected chi connectivity index (χ3v) is 3.89. The van der Waals surface area contributed by atoms with Crippen molar-refractivity contribution in [2.45, 2.75) is 38.5 Å². The highest BCUT2D eigenvalue weighted by Crippen LogP contribution is 2.38. The van der Waals surface area contributed by atoms with Crippen molar-refractivity contribution in [3.63, 3.8) is 0 Å². The van der Waals surface area contributed by atoms with Crippen molar-refractivity contribution in [3.05, 3.63) is 34.9 Å². The van der Waals surface area contributed by atoms with E-state index < -0.39 is 11.6 Å². The predicted octanol–water partition coefficient (Wildman–Crippen LogP) is 3.72. The first kappa shape index (κ1) is 14.0. The van der Waals surface area contributed by atoms with E-state index in [0.717, 1.165) is 0 Å². The number of carbonyl (C=O) groups is 1. The van der Waals surface area contributed by atoms with Gasteiger partial charge in [-0.25, -0.2) is 8.78 Å². The number of halogens is 2. The molecule has 1 fully saturated rings. The summed E-state index contributed by atoms with van der Waals surface area (Å²) in [4.78, 5) is 11.4. The van der Waals surface area contributed by atoms with Crippen molar-refractivity contribution in [1.82, 2.24) is 0 Å². The molecule has 0 heterocycles. The maximum atomic E-state index is 13.9. The fourth-order valence-corrected chi connectivity index (χ4v) is 2.89. The molecule has 0 saturated heterocycles. The van der Waals surface area contributed by atoms with Crippen LogP contribution in [0, 0.1) is 24.5 Å². The second kappa shape index (κ2) is 5.68.